The predicted molar refractivity (Wildman–Crippen MR) is 74.7 cm³/mol. The molecule has 112 valence electrons. The van der Waals surface area contributed by atoms with Crippen molar-refractivity contribution in [2.75, 3.05) is 26.8 Å². The summed E-state index contributed by atoms with van der Waals surface area (Å²) in [5.74, 6) is -1.03. The van der Waals surface area contributed by atoms with Gasteiger partial charge in [-0.05, 0) is 13.8 Å². The van der Waals surface area contributed by atoms with Gasteiger partial charge in [-0.15, -0.1) is 11.3 Å². The van der Waals surface area contributed by atoms with E-state index in [0.717, 1.165) is 11.3 Å². The Morgan fingerprint density at radius 3 is 2.65 bits per heavy atom. The molecule has 2 amide bonds. The molecule has 1 aromatic heterocycles. The molecule has 20 heavy (non-hydrogen) atoms. The summed E-state index contributed by atoms with van der Waals surface area (Å²) >= 11 is 1.05. The van der Waals surface area contributed by atoms with E-state index in [4.69, 9.17) is 10.5 Å². The first-order chi connectivity index (χ1) is 9.24. The summed E-state index contributed by atoms with van der Waals surface area (Å²) in [6.07, 6.45) is 0. The van der Waals surface area contributed by atoms with E-state index < -0.39 is 11.5 Å². The van der Waals surface area contributed by atoms with Crippen LogP contribution in [0, 0.1) is 0 Å². The van der Waals surface area contributed by atoms with Crippen LogP contribution in [0.2, 0.25) is 0 Å². The minimum Gasteiger partial charge on any atom is -0.389 e. The quantitative estimate of drug-likeness (QED) is 0.743. The SMILES string of the molecule is COCCN(CC(C)(C)O)C(=O)c1nc(C(N)=O)cs1. The number of hydrogen-bond acceptors (Lipinski definition) is 6. The fourth-order valence-electron chi connectivity index (χ4n) is 1.54. The molecule has 0 aliphatic heterocycles. The number of aromatic nitrogens is 1. The van der Waals surface area contributed by atoms with Gasteiger partial charge in [-0.2, -0.15) is 0 Å². The number of carbonyl (C=O) groups excluding carboxylic acids is 2. The van der Waals surface area contributed by atoms with Crippen molar-refractivity contribution in [3.05, 3.63) is 16.1 Å². The second-order valence-electron chi connectivity index (χ2n) is 4.93. The van der Waals surface area contributed by atoms with Crippen LogP contribution < -0.4 is 5.73 Å². The van der Waals surface area contributed by atoms with E-state index in [2.05, 4.69) is 4.98 Å². The third-order valence-corrected chi connectivity index (χ3v) is 3.20. The molecule has 3 N–H and O–H groups in total. The fourth-order valence-corrected chi connectivity index (χ4v) is 2.31. The van der Waals surface area contributed by atoms with Crippen molar-refractivity contribution in [2.24, 2.45) is 5.73 Å². The van der Waals surface area contributed by atoms with E-state index in [9.17, 15) is 14.7 Å². The number of rotatable bonds is 7. The van der Waals surface area contributed by atoms with Gasteiger partial charge in [0, 0.05) is 25.6 Å². The fraction of sp³-hybridized carbons (Fsp3) is 0.583. The smallest absolute Gasteiger partial charge is 0.283 e. The molecule has 1 aromatic rings. The Hall–Kier alpha value is -1.51. The maximum Gasteiger partial charge on any atom is 0.283 e. The molecule has 0 saturated heterocycles. The Balaban J connectivity index is 2.87. The summed E-state index contributed by atoms with van der Waals surface area (Å²) in [5, 5.41) is 11.5. The highest BCUT2D eigenvalue weighted by molar-refractivity contribution is 7.11. The van der Waals surface area contributed by atoms with Gasteiger partial charge in [0.25, 0.3) is 11.8 Å². The van der Waals surface area contributed by atoms with E-state index >= 15 is 0 Å². The zero-order chi connectivity index (χ0) is 15.3. The van der Waals surface area contributed by atoms with Gasteiger partial charge >= 0.3 is 0 Å². The molecule has 7 nitrogen and oxygen atoms in total. The van der Waals surface area contributed by atoms with Crippen LogP contribution in [0.4, 0.5) is 0 Å². The molecule has 0 saturated carbocycles. The summed E-state index contributed by atoms with van der Waals surface area (Å²) < 4.78 is 4.95. The van der Waals surface area contributed by atoms with Gasteiger partial charge in [-0.25, -0.2) is 4.98 Å². The molecule has 0 aliphatic carbocycles. The van der Waals surface area contributed by atoms with E-state index in [1.165, 1.54) is 17.4 Å². The maximum absolute atomic E-state index is 12.3. The van der Waals surface area contributed by atoms with E-state index in [0.29, 0.717) is 13.2 Å². The van der Waals surface area contributed by atoms with E-state index in [1.807, 2.05) is 0 Å². The molecule has 0 fully saturated rings. The molecule has 0 radical (unpaired) electrons. The van der Waals surface area contributed by atoms with E-state index in [1.54, 1.807) is 13.8 Å². The molecule has 0 unspecified atom stereocenters. The highest BCUT2D eigenvalue weighted by atomic mass is 32.1. The van der Waals surface area contributed by atoms with Crippen LogP contribution in [0.25, 0.3) is 0 Å². The normalized spacial score (nSPS) is 11.4. The number of nitrogens with two attached hydrogens (primary N) is 1. The van der Waals surface area contributed by atoms with Gasteiger partial charge in [-0.3, -0.25) is 9.59 Å². The van der Waals surface area contributed by atoms with Gasteiger partial charge in [0.1, 0.15) is 5.69 Å². The Kier molecular flexibility index (Phi) is 5.61. The number of primary amides is 1. The molecule has 8 heteroatoms. The lowest BCUT2D eigenvalue weighted by Gasteiger charge is -2.28. The van der Waals surface area contributed by atoms with Crippen molar-refractivity contribution in [2.45, 2.75) is 19.4 Å². The minimum absolute atomic E-state index is 0.0632. The van der Waals surface area contributed by atoms with Crippen LogP contribution in [0.15, 0.2) is 5.38 Å². The second-order valence-corrected chi connectivity index (χ2v) is 5.79. The largest absolute Gasteiger partial charge is 0.389 e. The van der Waals surface area contributed by atoms with Crippen LogP contribution in [0.1, 0.15) is 34.1 Å². The highest BCUT2D eigenvalue weighted by Gasteiger charge is 2.25. The number of methoxy groups -OCH3 is 1. The Labute approximate surface area is 121 Å². The van der Waals surface area contributed by atoms with E-state index in [-0.39, 0.29) is 23.2 Å². The first-order valence-electron chi connectivity index (χ1n) is 6.00. The molecule has 0 aliphatic rings. The summed E-state index contributed by atoms with van der Waals surface area (Å²) in [6, 6.07) is 0. The van der Waals surface area contributed by atoms with Gasteiger partial charge in [0.2, 0.25) is 0 Å². The molecular weight excluding hydrogens is 282 g/mol. The summed E-state index contributed by atoms with van der Waals surface area (Å²) in [6.45, 7) is 4.02. The number of amides is 2. The molecule has 1 heterocycles. The average Bonchev–Trinajstić information content (AvgIpc) is 2.81. The molecule has 0 atom stereocenters. The first kappa shape index (κ1) is 16.5. The molecule has 0 bridgehead atoms. The number of hydrogen-bond donors (Lipinski definition) is 2. The van der Waals surface area contributed by atoms with Crippen molar-refractivity contribution in [3.8, 4) is 0 Å². The Bertz CT molecular complexity index is 481. The Morgan fingerprint density at radius 2 is 2.20 bits per heavy atom. The van der Waals surface area contributed by atoms with Crippen molar-refractivity contribution in [1.82, 2.24) is 9.88 Å². The second kappa shape index (κ2) is 6.78. The van der Waals surface area contributed by atoms with Gasteiger partial charge in [0.05, 0.1) is 12.2 Å². The van der Waals surface area contributed by atoms with Gasteiger partial charge < -0.3 is 20.5 Å². The monoisotopic (exact) mass is 301 g/mol. The first-order valence-corrected chi connectivity index (χ1v) is 6.88. The third-order valence-electron chi connectivity index (χ3n) is 2.37. The van der Waals surface area contributed by atoms with Crippen LogP contribution in [-0.4, -0.2) is 59.2 Å². The zero-order valence-corrected chi connectivity index (χ0v) is 12.6. The highest BCUT2D eigenvalue weighted by Crippen LogP contribution is 2.14. The lowest BCUT2D eigenvalue weighted by Crippen LogP contribution is -2.43. The summed E-state index contributed by atoms with van der Waals surface area (Å²) in [7, 11) is 1.53. The number of ether oxygens (including phenoxy) is 1. The van der Waals surface area contributed by atoms with Gasteiger partial charge in [0.15, 0.2) is 5.01 Å². The van der Waals surface area contributed by atoms with Crippen molar-refractivity contribution in [3.63, 3.8) is 0 Å². The molecule has 0 spiro atoms. The number of aliphatic hydroxyl groups is 1. The number of carbonyl (C=O) groups is 2. The average molecular weight is 301 g/mol. The third kappa shape index (κ3) is 4.87. The standard InChI is InChI=1S/C12H19N3O4S/c1-12(2,18)7-15(4-5-19-3)11(17)10-14-8(6-20-10)9(13)16/h6,18H,4-5,7H2,1-3H3,(H2,13,16). The predicted octanol–water partition coefficient (Wildman–Crippen LogP) is 0.102. The lowest BCUT2D eigenvalue weighted by molar-refractivity contribution is 0.0237. The van der Waals surface area contributed by atoms with Crippen LogP contribution in [0.3, 0.4) is 0 Å². The van der Waals surface area contributed by atoms with Crippen LogP contribution in [0.5, 0.6) is 0 Å². The molecular formula is C12H19N3O4S. The Morgan fingerprint density at radius 1 is 1.55 bits per heavy atom. The van der Waals surface area contributed by atoms with Crippen LogP contribution >= 0.6 is 11.3 Å². The van der Waals surface area contributed by atoms with Crippen molar-refractivity contribution >= 4 is 23.2 Å². The molecule has 1 rings (SSSR count). The van der Waals surface area contributed by atoms with Crippen molar-refractivity contribution in [1.29, 1.82) is 0 Å². The topological polar surface area (TPSA) is 106 Å². The summed E-state index contributed by atoms with van der Waals surface area (Å²) in [5.41, 5.74) is 4.13. The van der Waals surface area contributed by atoms with Crippen molar-refractivity contribution < 1.29 is 19.4 Å². The zero-order valence-electron chi connectivity index (χ0n) is 11.8. The number of thiazole rings is 1. The van der Waals surface area contributed by atoms with Gasteiger partial charge in [-0.1, -0.05) is 0 Å². The summed E-state index contributed by atoms with van der Waals surface area (Å²) in [4.78, 5) is 28.6. The van der Waals surface area contributed by atoms with Crippen LogP contribution in [-0.2, 0) is 4.74 Å². The lowest BCUT2D eigenvalue weighted by atomic mass is 10.1. The minimum atomic E-state index is -1.03. The maximum atomic E-state index is 12.3. The molecule has 0 aromatic carbocycles. The number of nitrogens with zero attached hydrogens (tertiary/aromatic N) is 2.